The highest BCUT2D eigenvalue weighted by molar-refractivity contribution is 5.98. The van der Waals surface area contributed by atoms with Gasteiger partial charge in [-0.2, -0.15) is 0 Å². The number of ether oxygens (including phenoxy) is 3. The Balaban J connectivity index is 1.72. The van der Waals surface area contributed by atoms with Gasteiger partial charge in [0.05, 0.1) is 20.1 Å². The van der Waals surface area contributed by atoms with Gasteiger partial charge in [-0.05, 0) is 43.3 Å². The lowest BCUT2D eigenvalue weighted by Crippen LogP contribution is -2.21. The molecular formula is C21H23NO6. The monoisotopic (exact) mass is 385 g/mol. The summed E-state index contributed by atoms with van der Waals surface area (Å²) in [5.74, 6) is 0.0171. The number of carbonyl (C=O) groups is 3. The van der Waals surface area contributed by atoms with Crippen LogP contribution in [0.1, 0.15) is 30.1 Å². The molecule has 0 unspecified atom stereocenters. The van der Waals surface area contributed by atoms with Gasteiger partial charge in [0.1, 0.15) is 11.5 Å². The number of methoxy groups -OCH3 is 1. The van der Waals surface area contributed by atoms with Crippen LogP contribution in [-0.4, -0.2) is 38.0 Å². The van der Waals surface area contributed by atoms with Gasteiger partial charge >= 0.3 is 5.97 Å². The molecule has 0 heterocycles. The molecule has 148 valence electrons. The van der Waals surface area contributed by atoms with Crippen molar-refractivity contribution in [3.63, 3.8) is 0 Å². The predicted molar refractivity (Wildman–Crippen MR) is 104 cm³/mol. The van der Waals surface area contributed by atoms with Crippen LogP contribution in [0.25, 0.3) is 0 Å². The van der Waals surface area contributed by atoms with Crippen molar-refractivity contribution >= 4 is 23.3 Å². The molecule has 7 heteroatoms. The first kappa shape index (κ1) is 21.0. The van der Waals surface area contributed by atoms with Crippen molar-refractivity contribution in [3.8, 4) is 11.5 Å². The highest BCUT2D eigenvalue weighted by Gasteiger charge is 2.12. The fourth-order valence-electron chi connectivity index (χ4n) is 2.38. The number of benzene rings is 2. The fraction of sp³-hybridized carbons (Fsp3) is 0.286. The van der Waals surface area contributed by atoms with Crippen molar-refractivity contribution in [1.82, 2.24) is 0 Å². The van der Waals surface area contributed by atoms with Crippen LogP contribution >= 0.6 is 0 Å². The molecule has 0 bridgehead atoms. The Bertz CT molecular complexity index is 816. The first-order chi connectivity index (χ1) is 13.5. The maximum atomic E-state index is 12.1. The first-order valence-electron chi connectivity index (χ1n) is 8.87. The summed E-state index contributed by atoms with van der Waals surface area (Å²) < 4.78 is 15.3. The number of hydrogen-bond donors (Lipinski definition) is 1. The Hall–Kier alpha value is -3.35. The smallest absolute Gasteiger partial charge is 0.306 e. The Morgan fingerprint density at radius 3 is 2.39 bits per heavy atom. The summed E-state index contributed by atoms with van der Waals surface area (Å²) in [6.07, 6.45) is -0.0944. The summed E-state index contributed by atoms with van der Waals surface area (Å²) in [4.78, 5) is 35.8. The third-order valence-electron chi connectivity index (χ3n) is 3.76. The molecule has 7 nitrogen and oxygen atoms in total. The van der Waals surface area contributed by atoms with Crippen molar-refractivity contribution in [2.24, 2.45) is 0 Å². The lowest BCUT2D eigenvalue weighted by atomic mass is 10.1. The molecule has 0 aliphatic heterocycles. The van der Waals surface area contributed by atoms with Crippen LogP contribution in [0.3, 0.4) is 0 Å². The quantitative estimate of drug-likeness (QED) is 0.499. The molecule has 2 aromatic carbocycles. The van der Waals surface area contributed by atoms with Crippen LogP contribution in [0.2, 0.25) is 0 Å². The Labute approximate surface area is 163 Å². The molecule has 1 N–H and O–H groups in total. The highest BCUT2D eigenvalue weighted by atomic mass is 16.5. The van der Waals surface area contributed by atoms with Crippen LogP contribution in [0.4, 0.5) is 5.69 Å². The molecule has 0 saturated carbocycles. The predicted octanol–water partition coefficient (Wildman–Crippen LogP) is 3.24. The molecule has 2 rings (SSSR count). The number of ketones is 1. The number of nitrogens with one attached hydrogen (secondary N) is 1. The molecule has 0 aliphatic rings. The summed E-state index contributed by atoms with van der Waals surface area (Å²) in [6, 6.07) is 13.5. The topological polar surface area (TPSA) is 90.9 Å². The van der Waals surface area contributed by atoms with Crippen molar-refractivity contribution < 1.29 is 28.6 Å². The lowest BCUT2D eigenvalue weighted by molar-refractivity contribution is -0.147. The third-order valence-corrected chi connectivity index (χ3v) is 3.76. The number of Topliss-reactive ketones (excluding diaryl/α,β-unsaturated/α-hetero) is 1. The number of carbonyl (C=O) groups excluding carboxylic acids is 3. The summed E-state index contributed by atoms with van der Waals surface area (Å²) in [6.45, 7) is 2.00. The second-order valence-corrected chi connectivity index (χ2v) is 5.82. The summed E-state index contributed by atoms with van der Waals surface area (Å²) in [5.41, 5.74) is 1.03. The third kappa shape index (κ3) is 6.75. The molecule has 28 heavy (non-hydrogen) atoms. The summed E-state index contributed by atoms with van der Waals surface area (Å²) >= 11 is 0. The SMILES string of the molecule is CCOc1ccc(C(=O)CCC(=O)OCC(=O)Nc2cccc(OC)c2)cc1. The molecule has 0 fully saturated rings. The molecule has 0 saturated heterocycles. The molecule has 1 amide bonds. The van der Waals surface area contributed by atoms with E-state index >= 15 is 0 Å². The average molecular weight is 385 g/mol. The molecule has 2 aromatic rings. The Morgan fingerprint density at radius 1 is 0.964 bits per heavy atom. The zero-order chi connectivity index (χ0) is 20.4. The van der Waals surface area contributed by atoms with Crippen LogP contribution < -0.4 is 14.8 Å². The van der Waals surface area contributed by atoms with E-state index in [1.165, 1.54) is 7.11 Å². The second kappa shape index (κ2) is 10.7. The van der Waals surface area contributed by atoms with Gasteiger partial charge in [-0.25, -0.2) is 0 Å². The maximum absolute atomic E-state index is 12.1. The highest BCUT2D eigenvalue weighted by Crippen LogP contribution is 2.17. The maximum Gasteiger partial charge on any atom is 0.306 e. The van der Waals surface area contributed by atoms with Crippen molar-refractivity contribution in [2.75, 3.05) is 25.6 Å². The summed E-state index contributed by atoms with van der Waals surface area (Å²) in [7, 11) is 1.53. The summed E-state index contributed by atoms with van der Waals surface area (Å²) in [5, 5.41) is 2.60. The van der Waals surface area contributed by atoms with Gasteiger partial charge in [0.25, 0.3) is 5.91 Å². The van der Waals surface area contributed by atoms with E-state index in [1.54, 1.807) is 48.5 Å². The van der Waals surface area contributed by atoms with E-state index in [2.05, 4.69) is 5.32 Å². The number of amides is 1. The van der Waals surface area contributed by atoms with Gasteiger partial charge in [0.2, 0.25) is 0 Å². The minimum atomic E-state index is -0.611. The molecular weight excluding hydrogens is 362 g/mol. The minimum Gasteiger partial charge on any atom is -0.497 e. The van der Waals surface area contributed by atoms with Gasteiger partial charge in [-0.3, -0.25) is 14.4 Å². The van der Waals surface area contributed by atoms with Crippen molar-refractivity contribution in [3.05, 3.63) is 54.1 Å². The molecule has 0 aliphatic carbocycles. The fourth-order valence-corrected chi connectivity index (χ4v) is 2.38. The van der Waals surface area contributed by atoms with Crippen molar-refractivity contribution in [2.45, 2.75) is 19.8 Å². The van der Waals surface area contributed by atoms with E-state index in [4.69, 9.17) is 14.2 Å². The van der Waals surface area contributed by atoms with Gasteiger partial charge in [-0.1, -0.05) is 6.07 Å². The van der Waals surface area contributed by atoms with Gasteiger partial charge < -0.3 is 19.5 Å². The van der Waals surface area contributed by atoms with E-state index in [9.17, 15) is 14.4 Å². The number of anilines is 1. The molecule has 0 atom stereocenters. The molecule has 0 aromatic heterocycles. The van der Waals surface area contributed by atoms with E-state index in [0.717, 1.165) is 0 Å². The molecule has 0 radical (unpaired) electrons. The Kier molecular flexibility index (Phi) is 8.02. The van der Waals surface area contributed by atoms with E-state index in [0.29, 0.717) is 29.4 Å². The van der Waals surface area contributed by atoms with Gasteiger partial charge in [0, 0.05) is 23.7 Å². The van der Waals surface area contributed by atoms with E-state index < -0.39 is 18.5 Å². The van der Waals surface area contributed by atoms with Crippen molar-refractivity contribution in [1.29, 1.82) is 0 Å². The average Bonchev–Trinajstić information content (AvgIpc) is 2.71. The number of hydrogen-bond acceptors (Lipinski definition) is 6. The minimum absolute atomic E-state index is 0.00428. The Morgan fingerprint density at radius 2 is 1.71 bits per heavy atom. The lowest BCUT2D eigenvalue weighted by Gasteiger charge is -2.08. The van der Waals surface area contributed by atoms with Crippen LogP contribution in [-0.2, 0) is 14.3 Å². The zero-order valence-electron chi connectivity index (χ0n) is 15.9. The second-order valence-electron chi connectivity index (χ2n) is 5.82. The van der Waals surface area contributed by atoms with Gasteiger partial charge in [0.15, 0.2) is 12.4 Å². The number of esters is 1. The van der Waals surface area contributed by atoms with E-state index in [-0.39, 0.29) is 18.6 Å². The van der Waals surface area contributed by atoms with Crippen LogP contribution in [0.15, 0.2) is 48.5 Å². The standard InChI is InChI=1S/C21H23NO6/c1-3-27-17-9-7-15(8-10-17)19(23)11-12-21(25)28-14-20(24)22-16-5-4-6-18(13-16)26-2/h4-10,13H,3,11-12,14H2,1-2H3,(H,22,24). The normalized spacial score (nSPS) is 10.1. The molecule has 0 spiro atoms. The first-order valence-corrected chi connectivity index (χ1v) is 8.87. The number of rotatable bonds is 10. The van der Waals surface area contributed by atoms with E-state index in [1.807, 2.05) is 6.92 Å². The van der Waals surface area contributed by atoms with Crippen LogP contribution in [0.5, 0.6) is 11.5 Å². The van der Waals surface area contributed by atoms with Gasteiger partial charge in [-0.15, -0.1) is 0 Å². The largest absolute Gasteiger partial charge is 0.497 e. The zero-order valence-corrected chi connectivity index (χ0v) is 15.9. The van der Waals surface area contributed by atoms with Crippen LogP contribution in [0, 0.1) is 0 Å².